The zero-order valence-electron chi connectivity index (χ0n) is 20.3. The van der Waals surface area contributed by atoms with Crippen LogP contribution in [0.5, 0.6) is 0 Å². The van der Waals surface area contributed by atoms with Gasteiger partial charge in [0.05, 0.1) is 11.6 Å². The van der Waals surface area contributed by atoms with Crippen LogP contribution in [0.25, 0.3) is 0 Å². The minimum atomic E-state index is -1.01. The van der Waals surface area contributed by atoms with Crippen molar-refractivity contribution >= 4 is 17.8 Å². The molecule has 0 fully saturated rings. The molecule has 0 spiro atoms. The molecule has 0 rings (SSSR count). The standard InChI is InChI=1S/C23H43N3O4/c1-10-13-24-23(11-2,12-3)22(30)25-19(16(6)7)20(27)26(9)18(15(4)5)14-17(8)21(28)29/h14-16,18-19,24H,10-13H2,1-9H3,(H,25,30)(H,28,29)/b17-14+/t18-,19+/m1/s1. The van der Waals surface area contributed by atoms with E-state index in [4.69, 9.17) is 0 Å². The van der Waals surface area contributed by atoms with Gasteiger partial charge in [0.2, 0.25) is 11.8 Å². The molecule has 0 aromatic rings. The number of likely N-dealkylation sites (N-methyl/N-ethyl adjacent to an activating group) is 1. The van der Waals surface area contributed by atoms with E-state index in [9.17, 15) is 19.5 Å². The molecule has 0 aliphatic rings. The van der Waals surface area contributed by atoms with Crippen LogP contribution in [-0.2, 0) is 14.4 Å². The Morgan fingerprint density at radius 3 is 1.93 bits per heavy atom. The second-order valence-corrected chi connectivity index (χ2v) is 8.75. The maximum absolute atomic E-state index is 13.3. The lowest BCUT2D eigenvalue weighted by molar-refractivity contribution is -0.140. The van der Waals surface area contributed by atoms with Crippen molar-refractivity contribution in [2.24, 2.45) is 11.8 Å². The van der Waals surface area contributed by atoms with Crippen LogP contribution >= 0.6 is 0 Å². The van der Waals surface area contributed by atoms with Gasteiger partial charge in [-0.25, -0.2) is 4.79 Å². The Bertz CT molecular complexity index is 610. The Hall–Kier alpha value is -1.89. The first-order chi connectivity index (χ1) is 13.9. The SMILES string of the molecule is CCCNC(CC)(CC)C(=O)N[C@H](C(=O)N(C)[C@H](/C=C(\C)C(=O)O)C(C)C)C(C)C. The Kier molecular flexibility index (Phi) is 11.9. The van der Waals surface area contributed by atoms with Crippen LogP contribution in [0.2, 0.25) is 0 Å². The Balaban J connectivity index is 5.77. The van der Waals surface area contributed by atoms with E-state index in [1.807, 2.05) is 41.5 Å². The summed E-state index contributed by atoms with van der Waals surface area (Å²) in [4.78, 5) is 39.4. The van der Waals surface area contributed by atoms with E-state index in [1.54, 1.807) is 18.0 Å². The van der Waals surface area contributed by atoms with Crippen LogP contribution in [-0.4, -0.2) is 59.0 Å². The average molecular weight is 426 g/mol. The molecular weight excluding hydrogens is 382 g/mol. The number of carbonyl (C=O) groups excluding carboxylic acids is 2. The van der Waals surface area contributed by atoms with Gasteiger partial charge in [-0.2, -0.15) is 0 Å². The van der Waals surface area contributed by atoms with Gasteiger partial charge in [0.1, 0.15) is 6.04 Å². The molecule has 2 amide bonds. The molecule has 0 aliphatic carbocycles. The number of nitrogens with one attached hydrogen (secondary N) is 2. The predicted molar refractivity (Wildman–Crippen MR) is 121 cm³/mol. The van der Waals surface area contributed by atoms with Crippen molar-refractivity contribution in [3.8, 4) is 0 Å². The molecule has 30 heavy (non-hydrogen) atoms. The monoisotopic (exact) mass is 425 g/mol. The van der Waals surface area contributed by atoms with Gasteiger partial charge < -0.3 is 20.6 Å². The molecule has 0 heterocycles. The van der Waals surface area contributed by atoms with Crippen molar-refractivity contribution in [1.82, 2.24) is 15.5 Å². The molecule has 0 aromatic carbocycles. The van der Waals surface area contributed by atoms with Gasteiger partial charge in [-0.3, -0.25) is 9.59 Å². The third-order valence-electron chi connectivity index (χ3n) is 5.81. The summed E-state index contributed by atoms with van der Waals surface area (Å²) in [7, 11) is 1.67. The van der Waals surface area contributed by atoms with Gasteiger partial charge in [-0.05, 0) is 44.6 Å². The second kappa shape index (κ2) is 12.7. The third kappa shape index (κ3) is 7.42. The van der Waals surface area contributed by atoms with E-state index in [1.165, 1.54) is 6.92 Å². The van der Waals surface area contributed by atoms with Crippen LogP contribution in [0, 0.1) is 11.8 Å². The molecule has 0 saturated heterocycles. The van der Waals surface area contributed by atoms with Crippen LogP contribution in [0.4, 0.5) is 0 Å². The number of rotatable bonds is 13. The first-order valence-corrected chi connectivity index (χ1v) is 11.1. The zero-order chi connectivity index (χ0) is 23.6. The van der Waals surface area contributed by atoms with Crippen molar-refractivity contribution in [3.63, 3.8) is 0 Å². The molecule has 7 heteroatoms. The highest BCUT2D eigenvalue weighted by atomic mass is 16.4. The third-order valence-corrected chi connectivity index (χ3v) is 5.81. The fourth-order valence-electron chi connectivity index (χ4n) is 3.50. The molecule has 0 aliphatic heterocycles. The average Bonchev–Trinajstić information content (AvgIpc) is 2.69. The van der Waals surface area contributed by atoms with Crippen LogP contribution < -0.4 is 10.6 Å². The highest BCUT2D eigenvalue weighted by Crippen LogP contribution is 2.20. The van der Waals surface area contributed by atoms with Crippen LogP contribution in [0.3, 0.4) is 0 Å². The van der Waals surface area contributed by atoms with Crippen LogP contribution in [0.1, 0.15) is 74.7 Å². The summed E-state index contributed by atoms with van der Waals surface area (Å²) in [6.45, 7) is 15.9. The lowest BCUT2D eigenvalue weighted by Crippen LogP contribution is -2.62. The van der Waals surface area contributed by atoms with Gasteiger partial charge in [-0.15, -0.1) is 0 Å². The highest BCUT2D eigenvalue weighted by Gasteiger charge is 2.38. The van der Waals surface area contributed by atoms with Crippen LogP contribution in [0.15, 0.2) is 11.6 Å². The Labute approximate surface area is 182 Å². The molecule has 0 saturated carbocycles. The van der Waals surface area contributed by atoms with Crippen molar-refractivity contribution in [2.45, 2.75) is 92.3 Å². The van der Waals surface area contributed by atoms with E-state index in [-0.39, 0.29) is 35.3 Å². The van der Waals surface area contributed by atoms with E-state index in [0.717, 1.165) is 13.0 Å². The lowest BCUT2D eigenvalue weighted by Gasteiger charge is -2.37. The van der Waals surface area contributed by atoms with E-state index in [2.05, 4.69) is 17.6 Å². The van der Waals surface area contributed by atoms with E-state index < -0.39 is 17.6 Å². The predicted octanol–water partition coefficient (Wildman–Crippen LogP) is 3.20. The number of carbonyl (C=O) groups is 3. The van der Waals surface area contributed by atoms with Gasteiger partial charge in [0, 0.05) is 12.6 Å². The van der Waals surface area contributed by atoms with Gasteiger partial charge in [0.15, 0.2) is 0 Å². The summed E-state index contributed by atoms with van der Waals surface area (Å²) in [6, 6.07) is -1.07. The second-order valence-electron chi connectivity index (χ2n) is 8.75. The van der Waals surface area contributed by atoms with Crippen molar-refractivity contribution in [3.05, 3.63) is 11.6 Å². The summed E-state index contributed by atoms with van der Waals surface area (Å²) in [5, 5.41) is 15.6. The maximum atomic E-state index is 13.3. The summed E-state index contributed by atoms with van der Waals surface area (Å²) >= 11 is 0. The molecule has 0 unspecified atom stereocenters. The molecule has 0 aromatic heterocycles. The van der Waals surface area contributed by atoms with Crippen molar-refractivity contribution in [2.75, 3.05) is 13.6 Å². The number of hydrogen-bond donors (Lipinski definition) is 3. The van der Waals surface area contributed by atoms with E-state index >= 15 is 0 Å². The smallest absolute Gasteiger partial charge is 0.331 e. The van der Waals surface area contributed by atoms with E-state index in [0.29, 0.717) is 12.8 Å². The molecule has 0 bridgehead atoms. The quantitative estimate of drug-likeness (QED) is 0.394. The topological polar surface area (TPSA) is 98.7 Å². The van der Waals surface area contributed by atoms with Crippen molar-refractivity contribution < 1.29 is 19.5 Å². The maximum Gasteiger partial charge on any atom is 0.331 e. The minimum absolute atomic E-state index is 0.0216. The summed E-state index contributed by atoms with van der Waals surface area (Å²) in [5.41, 5.74) is -0.516. The number of carboxylic acids is 1. The zero-order valence-corrected chi connectivity index (χ0v) is 20.3. The molecule has 2 atom stereocenters. The molecule has 0 radical (unpaired) electrons. The number of aliphatic carboxylic acids is 1. The number of nitrogens with zero attached hydrogens (tertiary/aromatic N) is 1. The fourth-order valence-corrected chi connectivity index (χ4v) is 3.50. The number of carboxylic acid groups (broad SMARTS) is 1. The number of amides is 2. The minimum Gasteiger partial charge on any atom is -0.478 e. The first kappa shape index (κ1) is 28.1. The highest BCUT2D eigenvalue weighted by molar-refractivity contribution is 5.92. The molecule has 7 nitrogen and oxygen atoms in total. The van der Waals surface area contributed by atoms with Crippen molar-refractivity contribution in [1.29, 1.82) is 0 Å². The summed E-state index contributed by atoms with van der Waals surface area (Å²) in [6.07, 6.45) is 3.77. The Morgan fingerprint density at radius 2 is 1.57 bits per heavy atom. The normalized spacial score (nSPS) is 14.6. The fraction of sp³-hybridized carbons (Fsp3) is 0.783. The molecule has 3 N–H and O–H groups in total. The molecule has 174 valence electrons. The van der Waals surface area contributed by atoms with Gasteiger partial charge in [0.25, 0.3) is 0 Å². The number of hydrogen-bond acceptors (Lipinski definition) is 4. The molecular formula is C23H43N3O4. The largest absolute Gasteiger partial charge is 0.478 e. The first-order valence-electron chi connectivity index (χ1n) is 11.1. The van der Waals surface area contributed by atoms with Gasteiger partial charge >= 0.3 is 5.97 Å². The lowest BCUT2D eigenvalue weighted by atomic mass is 9.90. The Morgan fingerprint density at radius 1 is 1.03 bits per heavy atom. The van der Waals surface area contributed by atoms with Gasteiger partial charge in [-0.1, -0.05) is 54.5 Å². The summed E-state index contributed by atoms with van der Waals surface area (Å²) < 4.78 is 0. The summed E-state index contributed by atoms with van der Waals surface area (Å²) in [5.74, 6) is -1.48.